The number of hydrogen-bond donors (Lipinski definition) is 0. The Morgan fingerprint density at radius 3 is 2.70 bits per heavy atom. The molecule has 0 radical (unpaired) electrons. The Morgan fingerprint density at radius 2 is 2.30 bits per heavy atom. The zero-order valence-electron chi connectivity index (χ0n) is 6.22. The Bertz CT molecular complexity index is 147. The van der Waals surface area contributed by atoms with Gasteiger partial charge in [0.15, 0.2) is 5.78 Å². The SMILES string of the molecule is C=CC(=O)C(=C)COCC. The van der Waals surface area contributed by atoms with Crippen molar-refractivity contribution >= 4 is 5.78 Å². The van der Waals surface area contributed by atoms with Gasteiger partial charge >= 0.3 is 0 Å². The first-order chi connectivity index (χ1) is 4.72. The van der Waals surface area contributed by atoms with Crippen LogP contribution >= 0.6 is 0 Å². The van der Waals surface area contributed by atoms with E-state index in [1.165, 1.54) is 6.08 Å². The van der Waals surface area contributed by atoms with Crippen LogP contribution in [0.15, 0.2) is 24.8 Å². The van der Waals surface area contributed by atoms with Gasteiger partial charge in [0.05, 0.1) is 6.61 Å². The number of ketones is 1. The predicted octanol–water partition coefficient (Wildman–Crippen LogP) is 1.33. The highest BCUT2D eigenvalue weighted by molar-refractivity contribution is 6.03. The fraction of sp³-hybridized carbons (Fsp3) is 0.375. The van der Waals surface area contributed by atoms with Crippen LogP contribution < -0.4 is 0 Å². The Labute approximate surface area is 61.2 Å². The minimum absolute atomic E-state index is 0.145. The largest absolute Gasteiger partial charge is 0.377 e. The van der Waals surface area contributed by atoms with Crippen molar-refractivity contribution in [2.24, 2.45) is 0 Å². The summed E-state index contributed by atoms with van der Waals surface area (Å²) in [4.78, 5) is 10.7. The number of carbonyl (C=O) groups is 1. The van der Waals surface area contributed by atoms with E-state index in [1.54, 1.807) is 0 Å². The lowest BCUT2D eigenvalue weighted by atomic mass is 10.2. The molecule has 0 saturated heterocycles. The normalized spacial score (nSPS) is 8.90. The van der Waals surface area contributed by atoms with Crippen LogP contribution in [0.3, 0.4) is 0 Å². The van der Waals surface area contributed by atoms with Gasteiger partial charge in [-0.1, -0.05) is 13.2 Å². The second kappa shape index (κ2) is 4.94. The van der Waals surface area contributed by atoms with Gasteiger partial charge < -0.3 is 4.74 Å². The number of ether oxygens (including phenoxy) is 1. The van der Waals surface area contributed by atoms with Gasteiger partial charge in [-0.3, -0.25) is 4.79 Å². The molecule has 0 aromatic carbocycles. The minimum atomic E-state index is -0.145. The maximum Gasteiger partial charge on any atom is 0.182 e. The van der Waals surface area contributed by atoms with E-state index in [2.05, 4.69) is 13.2 Å². The summed E-state index contributed by atoms with van der Waals surface area (Å²) in [6, 6.07) is 0. The Morgan fingerprint density at radius 1 is 1.70 bits per heavy atom. The van der Waals surface area contributed by atoms with Gasteiger partial charge in [-0.15, -0.1) is 0 Å². The third-order valence-corrected chi connectivity index (χ3v) is 1.01. The molecule has 0 aliphatic carbocycles. The van der Waals surface area contributed by atoms with Crippen molar-refractivity contribution in [1.82, 2.24) is 0 Å². The molecule has 0 aliphatic rings. The lowest BCUT2D eigenvalue weighted by Crippen LogP contribution is -2.04. The summed E-state index contributed by atoms with van der Waals surface area (Å²) in [7, 11) is 0. The zero-order valence-corrected chi connectivity index (χ0v) is 6.22. The summed E-state index contributed by atoms with van der Waals surface area (Å²) in [5, 5.41) is 0. The highest BCUT2D eigenvalue weighted by Gasteiger charge is 2.00. The highest BCUT2D eigenvalue weighted by atomic mass is 16.5. The summed E-state index contributed by atoms with van der Waals surface area (Å²) in [5.41, 5.74) is 0.455. The molecule has 0 rings (SSSR count). The molecule has 0 atom stereocenters. The van der Waals surface area contributed by atoms with Crippen LogP contribution in [0, 0.1) is 0 Å². The molecule has 2 heteroatoms. The van der Waals surface area contributed by atoms with E-state index in [0.29, 0.717) is 18.8 Å². The van der Waals surface area contributed by atoms with Crippen molar-refractivity contribution < 1.29 is 9.53 Å². The third kappa shape index (κ3) is 3.20. The molecule has 0 unspecified atom stereocenters. The van der Waals surface area contributed by atoms with Gasteiger partial charge in [0.2, 0.25) is 0 Å². The molecule has 56 valence electrons. The van der Waals surface area contributed by atoms with Crippen molar-refractivity contribution in [1.29, 1.82) is 0 Å². The Balaban J connectivity index is 3.62. The van der Waals surface area contributed by atoms with Crippen molar-refractivity contribution in [3.63, 3.8) is 0 Å². The van der Waals surface area contributed by atoms with Crippen LogP contribution in [0.25, 0.3) is 0 Å². The van der Waals surface area contributed by atoms with Gasteiger partial charge in [-0.2, -0.15) is 0 Å². The lowest BCUT2D eigenvalue weighted by molar-refractivity contribution is -0.111. The van der Waals surface area contributed by atoms with E-state index in [9.17, 15) is 4.79 Å². The first-order valence-corrected chi connectivity index (χ1v) is 3.14. The maximum absolute atomic E-state index is 10.7. The zero-order chi connectivity index (χ0) is 7.98. The van der Waals surface area contributed by atoms with Gasteiger partial charge in [-0.25, -0.2) is 0 Å². The number of rotatable bonds is 5. The maximum atomic E-state index is 10.7. The van der Waals surface area contributed by atoms with E-state index in [4.69, 9.17) is 4.74 Å². The fourth-order valence-electron chi connectivity index (χ4n) is 0.441. The molecule has 2 nitrogen and oxygen atoms in total. The van der Waals surface area contributed by atoms with Gasteiger partial charge in [-0.05, 0) is 13.0 Å². The Kier molecular flexibility index (Phi) is 4.50. The Hall–Kier alpha value is -0.890. The van der Waals surface area contributed by atoms with Crippen molar-refractivity contribution in [3.05, 3.63) is 24.8 Å². The third-order valence-electron chi connectivity index (χ3n) is 1.01. The summed E-state index contributed by atoms with van der Waals surface area (Å²) in [6.45, 7) is 9.62. The molecule has 0 aliphatic heterocycles. The molecular weight excluding hydrogens is 128 g/mol. The van der Waals surface area contributed by atoms with Crippen LogP contribution in [0.5, 0.6) is 0 Å². The van der Waals surface area contributed by atoms with Crippen molar-refractivity contribution in [2.75, 3.05) is 13.2 Å². The highest BCUT2D eigenvalue weighted by Crippen LogP contribution is 1.93. The molecule has 0 aromatic heterocycles. The second-order valence-corrected chi connectivity index (χ2v) is 1.81. The quantitative estimate of drug-likeness (QED) is 0.538. The van der Waals surface area contributed by atoms with Gasteiger partial charge in [0.25, 0.3) is 0 Å². The molecule has 0 N–H and O–H groups in total. The van der Waals surface area contributed by atoms with Crippen LogP contribution in [-0.2, 0) is 9.53 Å². The van der Waals surface area contributed by atoms with E-state index >= 15 is 0 Å². The average molecular weight is 140 g/mol. The van der Waals surface area contributed by atoms with Crippen LogP contribution in [0.4, 0.5) is 0 Å². The number of carbonyl (C=O) groups excluding carboxylic acids is 1. The molecule has 0 aromatic rings. The van der Waals surface area contributed by atoms with Crippen LogP contribution in [0.2, 0.25) is 0 Å². The van der Waals surface area contributed by atoms with Crippen LogP contribution in [-0.4, -0.2) is 19.0 Å². The molecule has 0 heterocycles. The predicted molar refractivity (Wildman–Crippen MR) is 40.8 cm³/mol. The molecule has 0 amide bonds. The smallest absolute Gasteiger partial charge is 0.182 e. The molecular formula is C8H12O2. The minimum Gasteiger partial charge on any atom is -0.377 e. The number of allylic oxidation sites excluding steroid dienone is 1. The number of hydrogen-bond acceptors (Lipinski definition) is 2. The second-order valence-electron chi connectivity index (χ2n) is 1.81. The standard InChI is InChI=1S/C8H12O2/c1-4-8(9)7(3)6-10-5-2/h4H,1,3,5-6H2,2H3. The van der Waals surface area contributed by atoms with E-state index in [1.807, 2.05) is 6.92 Å². The monoisotopic (exact) mass is 140 g/mol. The molecule has 0 spiro atoms. The fourth-order valence-corrected chi connectivity index (χ4v) is 0.441. The lowest BCUT2D eigenvalue weighted by Gasteiger charge is -1.99. The van der Waals surface area contributed by atoms with Crippen molar-refractivity contribution in [3.8, 4) is 0 Å². The summed E-state index contributed by atoms with van der Waals surface area (Å²) >= 11 is 0. The molecule has 10 heavy (non-hydrogen) atoms. The van der Waals surface area contributed by atoms with Crippen LogP contribution in [0.1, 0.15) is 6.92 Å². The first kappa shape index (κ1) is 9.11. The molecule has 0 bridgehead atoms. The van der Waals surface area contributed by atoms with Crippen molar-refractivity contribution in [2.45, 2.75) is 6.92 Å². The summed E-state index contributed by atoms with van der Waals surface area (Å²) in [5.74, 6) is -0.145. The topological polar surface area (TPSA) is 26.3 Å². The summed E-state index contributed by atoms with van der Waals surface area (Å²) < 4.78 is 4.95. The molecule has 0 fully saturated rings. The van der Waals surface area contributed by atoms with E-state index in [-0.39, 0.29) is 5.78 Å². The molecule has 0 saturated carbocycles. The van der Waals surface area contributed by atoms with E-state index < -0.39 is 0 Å². The van der Waals surface area contributed by atoms with Gasteiger partial charge in [0, 0.05) is 12.2 Å². The average Bonchev–Trinajstić information content (AvgIpc) is 1.98. The van der Waals surface area contributed by atoms with Gasteiger partial charge in [0.1, 0.15) is 0 Å². The van der Waals surface area contributed by atoms with E-state index in [0.717, 1.165) is 0 Å². The first-order valence-electron chi connectivity index (χ1n) is 3.14. The summed E-state index contributed by atoms with van der Waals surface area (Å²) in [6.07, 6.45) is 1.24.